The van der Waals surface area contributed by atoms with Gasteiger partial charge in [0.2, 0.25) is 0 Å². The third kappa shape index (κ3) is 3.29. The van der Waals surface area contributed by atoms with Gasteiger partial charge >= 0.3 is 6.09 Å². The highest BCUT2D eigenvalue weighted by Crippen LogP contribution is 2.48. The zero-order valence-corrected chi connectivity index (χ0v) is 14.0. The zero-order valence-electron chi connectivity index (χ0n) is 14.0. The van der Waals surface area contributed by atoms with E-state index in [-0.39, 0.29) is 11.6 Å². The lowest BCUT2D eigenvalue weighted by molar-refractivity contribution is 0.00430. The highest BCUT2D eigenvalue weighted by atomic mass is 16.6. The molecule has 2 fully saturated rings. The van der Waals surface area contributed by atoms with Gasteiger partial charge in [0.05, 0.1) is 5.54 Å². The second kappa shape index (κ2) is 7.20. The Labute approximate surface area is 139 Å². The average Bonchev–Trinajstić information content (AvgIpc) is 3.02. The van der Waals surface area contributed by atoms with Crippen LogP contribution in [0.1, 0.15) is 51.0 Å². The van der Waals surface area contributed by atoms with Crippen molar-refractivity contribution in [1.29, 1.82) is 0 Å². The van der Waals surface area contributed by atoms with Crippen molar-refractivity contribution >= 4 is 6.09 Å². The number of ether oxygens (including phenoxy) is 1. The van der Waals surface area contributed by atoms with E-state index >= 15 is 0 Å². The Kier molecular flexibility index (Phi) is 5.04. The Bertz CT molecular complexity index is 554. The number of piperidine rings is 1. The molecule has 2 atom stereocenters. The van der Waals surface area contributed by atoms with Gasteiger partial charge in [0.25, 0.3) is 0 Å². The lowest BCUT2D eigenvalue weighted by atomic mass is 9.76. The van der Waals surface area contributed by atoms with Crippen LogP contribution in [0.15, 0.2) is 42.5 Å². The zero-order chi connectivity index (χ0) is 16.1. The number of hydrogen-bond acceptors (Lipinski definition) is 2. The van der Waals surface area contributed by atoms with Crippen LogP contribution < -0.4 is 0 Å². The molecule has 2 aliphatic rings. The third-order valence-corrected chi connectivity index (χ3v) is 5.53. The minimum Gasteiger partial charge on any atom is -0.445 e. The number of carbonyl (C=O) groups is 1. The van der Waals surface area contributed by atoms with Crippen molar-refractivity contribution in [3.05, 3.63) is 48.0 Å². The molecule has 1 saturated carbocycles. The normalized spacial score (nSPS) is 27.2. The van der Waals surface area contributed by atoms with Gasteiger partial charge in [0.15, 0.2) is 0 Å². The summed E-state index contributed by atoms with van der Waals surface area (Å²) in [7, 11) is 0. The molecule has 0 N–H and O–H groups in total. The summed E-state index contributed by atoms with van der Waals surface area (Å²) < 4.78 is 5.64. The van der Waals surface area contributed by atoms with Crippen LogP contribution in [0.2, 0.25) is 0 Å². The number of allylic oxidation sites excluding steroid dienone is 1. The van der Waals surface area contributed by atoms with Gasteiger partial charge in [-0.15, -0.1) is 0 Å². The van der Waals surface area contributed by atoms with Crippen molar-refractivity contribution in [1.82, 2.24) is 4.90 Å². The molecular weight excluding hydrogens is 286 g/mol. The number of rotatable bonds is 4. The van der Waals surface area contributed by atoms with E-state index in [4.69, 9.17) is 4.74 Å². The molecule has 3 rings (SSSR count). The Balaban J connectivity index is 1.71. The van der Waals surface area contributed by atoms with E-state index in [1.54, 1.807) is 0 Å². The summed E-state index contributed by atoms with van der Waals surface area (Å²) in [4.78, 5) is 14.8. The molecule has 0 radical (unpaired) electrons. The Morgan fingerprint density at radius 2 is 2.09 bits per heavy atom. The van der Waals surface area contributed by atoms with Gasteiger partial charge < -0.3 is 9.64 Å². The maximum atomic E-state index is 12.8. The van der Waals surface area contributed by atoms with Crippen LogP contribution in [0.25, 0.3) is 0 Å². The van der Waals surface area contributed by atoms with Crippen molar-refractivity contribution < 1.29 is 9.53 Å². The number of benzene rings is 1. The summed E-state index contributed by atoms with van der Waals surface area (Å²) in [5, 5.41) is 0. The molecule has 0 unspecified atom stereocenters. The van der Waals surface area contributed by atoms with Crippen LogP contribution in [-0.4, -0.2) is 23.1 Å². The molecule has 3 heteroatoms. The molecule has 1 heterocycles. The Morgan fingerprint density at radius 3 is 2.87 bits per heavy atom. The molecule has 1 amide bonds. The van der Waals surface area contributed by atoms with E-state index in [0.717, 1.165) is 31.4 Å². The molecule has 1 aromatic carbocycles. The van der Waals surface area contributed by atoms with Crippen LogP contribution >= 0.6 is 0 Å². The van der Waals surface area contributed by atoms with Crippen LogP contribution in [0.4, 0.5) is 4.79 Å². The van der Waals surface area contributed by atoms with E-state index in [0.29, 0.717) is 12.5 Å². The van der Waals surface area contributed by atoms with E-state index in [9.17, 15) is 4.79 Å². The summed E-state index contributed by atoms with van der Waals surface area (Å²) in [5.74, 6) is 0.636. The number of amides is 1. The molecule has 124 valence electrons. The summed E-state index contributed by atoms with van der Waals surface area (Å²) in [5.41, 5.74) is 1.04. The smallest absolute Gasteiger partial charge is 0.410 e. The lowest BCUT2D eigenvalue weighted by Gasteiger charge is -2.48. The molecule has 0 aromatic heterocycles. The topological polar surface area (TPSA) is 29.5 Å². The molecule has 0 bridgehead atoms. The molecule has 23 heavy (non-hydrogen) atoms. The maximum Gasteiger partial charge on any atom is 0.410 e. The molecule has 1 aliphatic heterocycles. The molecule has 0 spiro atoms. The van der Waals surface area contributed by atoms with Gasteiger partial charge in [0, 0.05) is 6.54 Å². The number of fused-ring (bicyclic) bond motifs is 1. The van der Waals surface area contributed by atoms with Crippen molar-refractivity contribution in [2.45, 2.75) is 57.6 Å². The van der Waals surface area contributed by atoms with Gasteiger partial charge in [-0.3, -0.25) is 0 Å². The van der Waals surface area contributed by atoms with E-state index in [1.807, 2.05) is 30.3 Å². The largest absolute Gasteiger partial charge is 0.445 e. The second-order valence-corrected chi connectivity index (χ2v) is 6.80. The number of hydrogen-bond donors (Lipinski definition) is 0. The Hall–Kier alpha value is -1.77. The summed E-state index contributed by atoms with van der Waals surface area (Å²) in [6, 6.07) is 9.93. The summed E-state index contributed by atoms with van der Waals surface area (Å²) in [6.07, 6.45) is 11.1. The third-order valence-electron chi connectivity index (χ3n) is 5.53. The highest BCUT2D eigenvalue weighted by Gasteiger charge is 2.50. The van der Waals surface area contributed by atoms with E-state index in [1.165, 1.54) is 19.3 Å². The fourth-order valence-corrected chi connectivity index (χ4v) is 4.39. The van der Waals surface area contributed by atoms with Crippen LogP contribution in [-0.2, 0) is 11.3 Å². The number of nitrogens with zero attached hydrogens (tertiary/aromatic N) is 1. The first kappa shape index (κ1) is 16.1. The number of carbonyl (C=O) groups excluding carboxylic acids is 1. The fraction of sp³-hybridized carbons (Fsp3) is 0.550. The van der Waals surface area contributed by atoms with Crippen LogP contribution in [0.3, 0.4) is 0 Å². The predicted molar refractivity (Wildman–Crippen MR) is 92.1 cm³/mol. The van der Waals surface area contributed by atoms with Crippen molar-refractivity contribution in [3.63, 3.8) is 0 Å². The number of likely N-dealkylation sites (tertiary alicyclic amines) is 1. The first-order valence-electron chi connectivity index (χ1n) is 8.86. The molecular formula is C20H27NO2. The monoisotopic (exact) mass is 313 g/mol. The lowest BCUT2D eigenvalue weighted by Crippen LogP contribution is -2.57. The van der Waals surface area contributed by atoms with Crippen LogP contribution in [0.5, 0.6) is 0 Å². The SMILES string of the molecule is C/C=C/C[C@]12CCC[C@H]1CCCN2C(=O)OCc1ccccc1. The molecule has 1 saturated heterocycles. The van der Waals surface area contributed by atoms with E-state index in [2.05, 4.69) is 24.0 Å². The quantitative estimate of drug-likeness (QED) is 0.738. The first-order valence-corrected chi connectivity index (χ1v) is 8.86. The Morgan fingerprint density at radius 1 is 1.30 bits per heavy atom. The van der Waals surface area contributed by atoms with Gasteiger partial charge in [-0.1, -0.05) is 48.9 Å². The maximum absolute atomic E-state index is 12.8. The van der Waals surface area contributed by atoms with Crippen molar-refractivity contribution in [3.8, 4) is 0 Å². The average molecular weight is 313 g/mol. The predicted octanol–water partition coefficient (Wildman–Crippen LogP) is 4.92. The standard InChI is InChI=1S/C20H27NO2/c1-2-3-13-20-14-7-11-18(20)12-8-15-21(20)19(22)23-16-17-9-5-4-6-10-17/h2-6,9-10,18H,7-8,11-16H2,1H3/b3-2+/t18-,20-/m0/s1. The van der Waals surface area contributed by atoms with Crippen molar-refractivity contribution in [2.24, 2.45) is 5.92 Å². The van der Waals surface area contributed by atoms with Gasteiger partial charge in [0.1, 0.15) is 6.61 Å². The van der Waals surface area contributed by atoms with Crippen LogP contribution in [0, 0.1) is 5.92 Å². The summed E-state index contributed by atoms with van der Waals surface area (Å²) in [6.45, 7) is 3.25. The van der Waals surface area contributed by atoms with Gasteiger partial charge in [-0.25, -0.2) is 4.79 Å². The highest BCUT2D eigenvalue weighted by molar-refractivity contribution is 5.69. The minimum absolute atomic E-state index is 0.00146. The minimum atomic E-state index is -0.134. The van der Waals surface area contributed by atoms with Gasteiger partial charge in [-0.05, 0) is 50.5 Å². The van der Waals surface area contributed by atoms with E-state index < -0.39 is 0 Å². The molecule has 3 nitrogen and oxygen atoms in total. The van der Waals surface area contributed by atoms with Gasteiger partial charge in [-0.2, -0.15) is 0 Å². The second-order valence-electron chi connectivity index (χ2n) is 6.80. The fourth-order valence-electron chi connectivity index (χ4n) is 4.39. The van der Waals surface area contributed by atoms with Crippen molar-refractivity contribution in [2.75, 3.05) is 6.54 Å². The first-order chi connectivity index (χ1) is 11.3. The summed E-state index contributed by atoms with van der Waals surface area (Å²) >= 11 is 0. The molecule has 1 aromatic rings. The molecule has 1 aliphatic carbocycles.